The Morgan fingerprint density at radius 3 is 2.89 bits per heavy atom. The highest BCUT2D eigenvalue weighted by atomic mass is 16.2. The van der Waals surface area contributed by atoms with Crippen molar-refractivity contribution in [3.63, 3.8) is 0 Å². The van der Waals surface area contributed by atoms with E-state index in [-0.39, 0.29) is 24.4 Å². The lowest BCUT2D eigenvalue weighted by Crippen LogP contribution is -2.58. The predicted octanol–water partition coefficient (Wildman–Crippen LogP) is -0.300. The molecule has 1 aromatic heterocycles. The highest BCUT2D eigenvalue weighted by molar-refractivity contribution is 5.94. The van der Waals surface area contributed by atoms with Crippen LogP contribution in [0, 0.1) is 0 Å². The van der Waals surface area contributed by atoms with Crippen molar-refractivity contribution in [2.75, 3.05) is 13.1 Å². The van der Waals surface area contributed by atoms with Crippen molar-refractivity contribution in [1.29, 1.82) is 0 Å². The maximum atomic E-state index is 12.0. The topological polar surface area (TPSA) is 67.2 Å². The zero-order valence-corrected chi connectivity index (χ0v) is 10.7. The van der Waals surface area contributed by atoms with Crippen LogP contribution in [-0.4, -0.2) is 45.6 Å². The molecule has 98 valence electrons. The molecule has 1 saturated heterocycles. The van der Waals surface area contributed by atoms with Crippen LogP contribution >= 0.6 is 0 Å². The molecular formula is C12H18N4O2. The average Bonchev–Trinajstić information content (AvgIpc) is 2.75. The fraction of sp³-hybridized carbons (Fsp3) is 0.583. The van der Waals surface area contributed by atoms with Crippen LogP contribution in [0.4, 0.5) is 0 Å². The van der Waals surface area contributed by atoms with E-state index in [9.17, 15) is 9.59 Å². The van der Waals surface area contributed by atoms with Crippen molar-refractivity contribution < 1.29 is 9.59 Å². The second kappa shape index (κ2) is 5.20. The van der Waals surface area contributed by atoms with Crippen LogP contribution in [0.5, 0.6) is 0 Å². The Labute approximate surface area is 106 Å². The average molecular weight is 250 g/mol. The predicted molar refractivity (Wildman–Crippen MR) is 65.7 cm³/mol. The highest BCUT2D eigenvalue weighted by Gasteiger charge is 2.30. The van der Waals surface area contributed by atoms with Crippen LogP contribution in [0.1, 0.15) is 19.0 Å². The van der Waals surface area contributed by atoms with Crippen molar-refractivity contribution >= 4 is 11.8 Å². The van der Waals surface area contributed by atoms with Gasteiger partial charge in [-0.1, -0.05) is 6.92 Å². The molecule has 1 aliphatic rings. The van der Waals surface area contributed by atoms with Gasteiger partial charge in [0.1, 0.15) is 6.04 Å². The number of piperazine rings is 1. The smallest absolute Gasteiger partial charge is 0.245 e. The summed E-state index contributed by atoms with van der Waals surface area (Å²) in [5, 5.41) is 6.78. The summed E-state index contributed by atoms with van der Waals surface area (Å²) in [5.41, 5.74) is 1.06. The lowest BCUT2D eigenvalue weighted by atomic mass is 10.1. The standard InChI is InChI=1S/C12H18N4O2/c1-3-10-12(18)16(8-11(17)14-10)7-5-9-4-6-13-15(9)2/h4,6,10H,3,5,7-8H2,1-2H3,(H,14,17). The second-order valence-electron chi connectivity index (χ2n) is 4.48. The molecule has 0 saturated carbocycles. The van der Waals surface area contributed by atoms with E-state index in [0.717, 1.165) is 5.69 Å². The molecule has 0 spiro atoms. The summed E-state index contributed by atoms with van der Waals surface area (Å²) >= 11 is 0. The normalized spacial score (nSPS) is 20.1. The number of rotatable bonds is 4. The minimum absolute atomic E-state index is 0.0132. The molecular weight excluding hydrogens is 232 g/mol. The van der Waals surface area contributed by atoms with Gasteiger partial charge in [0.15, 0.2) is 0 Å². The van der Waals surface area contributed by atoms with E-state index >= 15 is 0 Å². The Hall–Kier alpha value is -1.85. The molecule has 1 fully saturated rings. The number of nitrogens with one attached hydrogen (secondary N) is 1. The summed E-state index contributed by atoms with van der Waals surface area (Å²) in [6.45, 7) is 2.61. The first-order chi connectivity index (χ1) is 8.61. The maximum absolute atomic E-state index is 12.0. The summed E-state index contributed by atoms with van der Waals surface area (Å²) in [6, 6.07) is 1.56. The third-order valence-corrected chi connectivity index (χ3v) is 3.25. The molecule has 0 aromatic carbocycles. The Morgan fingerprint density at radius 1 is 1.50 bits per heavy atom. The number of carbonyl (C=O) groups is 2. The number of carbonyl (C=O) groups excluding carboxylic acids is 2. The second-order valence-corrected chi connectivity index (χ2v) is 4.48. The van der Waals surface area contributed by atoms with Gasteiger partial charge in [0.05, 0.1) is 6.54 Å². The van der Waals surface area contributed by atoms with E-state index in [0.29, 0.717) is 19.4 Å². The van der Waals surface area contributed by atoms with Gasteiger partial charge < -0.3 is 10.2 Å². The zero-order chi connectivity index (χ0) is 13.1. The number of nitrogens with zero attached hydrogens (tertiary/aromatic N) is 3. The molecule has 2 amide bonds. The number of hydrogen-bond donors (Lipinski definition) is 1. The number of aryl methyl sites for hydroxylation is 1. The third kappa shape index (κ3) is 2.52. The summed E-state index contributed by atoms with van der Waals surface area (Å²) in [4.78, 5) is 25.2. The minimum Gasteiger partial charge on any atom is -0.343 e. The first-order valence-corrected chi connectivity index (χ1v) is 6.17. The molecule has 18 heavy (non-hydrogen) atoms. The fourth-order valence-electron chi connectivity index (χ4n) is 2.14. The minimum atomic E-state index is -0.363. The number of amides is 2. The van der Waals surface area contributed by atoms with E-state index < -0.39 is 0 Å². The van der Waals surface area contributed by atoms with Crippen LogP contribution in [0.25, 0.3) is 0 Å². The molecule has 1 aliphatic heterocycles. The summed E-state index contributed by atoms with van der Waals surface area (Å²) < 4.78 is 1.78. The van der Waals surface area contributed by atoms with E-state index in [2.05, 4.69) is 10.4 Å². The van der Waals surface area contributed by atoms with Crippen LogP contribution in [0.15, 0.2) is 12.3 Å². The van der Waals surface area contributed by atoms with Crippen LogP contribution in [0.3, 0.4) is 0 Å². The number of hydrogen-bond acceptors (Lipinski definition) is 3. The largest absolute Gasteiger partial charge is 0.343 e. The van der Waals surface area contributed by atoms with Gasteiger partial charge in [-0.15, -0.1) is 0 Å². The quantitative estimate of drug-likeness (QED) is 0.797. The maximum Gasteiger partial charge on any atom is 0.245 e. The first kappa shape index (κ1) is 12.6. The molecule has 1 aromatic rings. The van der Waals surface area contributed by atoms with E-state index in [1.165, 1.54) is 0 Å². The molecule has 0 bridgehead atoms. The van der Waals surface area contributed by atoms with Gasteiger partial charge in [-0.05, 0) is 12.5 Å². The molecule has 2 rings (SSSR count). The van der Waals surface area contributed by atoms with Gasteiger partial charge in [-0.25, -0.2) is 0 Å². The molecule has 1 N–H and O–H groups in total. The monoisotopic (exact) mass is 250 g/mol. The molecule has 0 aliphatic carbocycles. The third-order valence-electron chi connectivity index (χ3n) is 3.25. The molecule has 2 heterocycles. The summed E-state index contributed by atoms with van der Waals surface area (Å²) in [7, 11) is 1.87. The van der Waals surface area contributed by atoms with Crippen molar-refractivity contribution in [2.45, 2.75) is 25.8 Å². The van der Waals surface area contributed by atoms with Gasteiger partial charge in [0.2, 0.25) is 11.8 Å². The van der Waals surface area contributed by atoms with Gasteiger partial charge in [0, 0.05) is 31.9 Å². The van der Waals surface area contributed by atoms with Gasteiger partial charge in [-0.3, -0.25) is 14.3 Å². The Morgan fingerprint density at radius 2 is 2.28 bits per heavy atom. The molecule has 6 heteroatoms. The lowest BCUT2D eigenvalue weighted by molar-refractivity contribution is -0.144. The van der Waals surface area contributed by atoms with E-state index in [4.69, 9.17) is 0 Å². The van der Waals surface area contributed by atoms with Gasteiger partial charge in [-0.2, -0.15) is 5.10 Å². The zero-order valence-electron chi connectivity index (χ0n) is 10.7. The molecule has 0 radical (unpaired) electrons. The van der Waals surface area contributed by atoms with Crippen LogP contribution < -0.4 is 5.32 Å². The first-order valence-electron chi connectivity index (χ1n) is 6.17. The number of aromatic nitrogens is 2. The van der Waals surface area contributed by atoms with E-state index in [1.807, 2.05) is 20.0 Å². The Balaban J connectivity index is 1.97. The Kier molecular flexibility index (Phi) is 3.64. The van der Waals surface area contributed by atoms with Crippen LogP contribution in [-0.2, 0) is 23.1 Å². The van der Waals surface area contributed by atoms with Gasteiger partial charge >= 0.3 is 0 Å². The summed E-state index contributed by atoms with van der Waals surface area (Å²) in [6.07, 6.45) is 3.08. The highest BCUT2D eigenvalue weighted by Crippen LogP contribution is 2.07. The van der Waals surface area contributed by atoms with Crippen molar-refractivity contribution in [3.05, 3.63) is 18.0 Å². The van der Waals surface area contributed by atoms with Crippen molar-refractivity contribution in [3.8, 4) is 0 Å². The van der Waals surface area contributed by atoms with Crippen molar-refractivity contribution in [2.24, 2.45) is 7.05 Å². The van der Waals surface area contributed by atoms with E-state index in [1.54, 1.807) is 15.8 Å². The van der Waals surface area contributed by atoms with Crippen LogP contribution in [0.2, 0.25) is 0 Å². The SMILES string of the molecule is CCC1NC(=O)CN(CCc2ccnn2C)C1=O. The fourth-order valence-corrected chi connectivity index (χ4v) is 2.14. The molecule has 1 atom stereocenters. The molecule has 1 unspecified atom stereocenters. The summed E-state index contributed by atoms with van der Waals surface area (Å²) in [5.74, 6) is -0.0641. The van der Waals surface area contributed by atoms with Crippen molar-refractivity contribution in [1.82, 2.24) is 20.0 Å². The molecule has 6 nitrogen and oxygen atoms in total. The van der Waals surface area contributed by atoms with Gasteiger partial charge in [0.25, 0.3) is 0 Å². The lowest BCUT2D eigenvalue weighted by Gasteiger charge is -2.32. The Bertz CT molecular complexity index is 455.